The van der Waals surface area contributed by atoms with Gasteiger partial charge in [0.05, 0.1) is 0 Å². The van der Waals surface area contributed by atoms with Crippen molar-refractivity contribution in [1.82, 2.24) is 0 Å². The van der Waals surface area contributed by atoms with Crippen molar-refractivity contribution in [1.29, 1.82) is 0 Å². The van der Waals surface area contributed by atoms with E-state index in [1.165, 1.54) is 18.2 Å². The summed E-state index contributed by atoms with van der Waals surface area (Å²) >= 11 is 0. The average Bonchev–Trinajstić information content (AvgIpc) is 2.20. The molecule has 0 amide bonds. The van der Waals surface area contributed by atoms with Crippen LogP contribution in [0.15, 0.2) is 42.5 Å². The van der Waals surface area contributed by atoms with E-state index in [4.69, 9.17) is 0 Å². The van der Waals surface area contributed by atoms with Crippen molar-refractivity contribution < 1.29 is 8.78 Å². The van der Waals surface area contributed by atoms with E-state index >= 15 is 0 Å². The van der Waals surface area contributed by atoms with Crippen LogP contribution in [-0.2, 0) is 0 Å². The summed E-state index contributed by atoms with van der Waals surface area (Å²) in [5.41, 5.74) is 2.06. The predicted octanol–water partition coefficient (Wildman–Crippen LogP) is 4.58. The van der Waals surface area contributed by atoms with Crippen LogP contribution in [0.1, 0.15) is 13.0 Å². The van der Waals surface area contributed by atoms with Gasteiger partial charge in [-0.1, -0.05) is 31.7 Å². The van der Waals surface area contributed by atoms with E-state index in [9.17, 15) is 8.78 Å². The number of hydrogen-bond acceptors (Lipinski definition) is 0. The second-order valence-corrected chi connectivity index (χ2v) is 3.49. The Balaban J connectivity index is 0.00000128. The summed E-state index contributed by atoms with van der Waals surface area (Å²) < 4.78 is 26.2. The molecule has 0 aliphatic heterocycles. The molecule has 2 aromatic rings. The van der Waals surface area contributed by atoms with Crippen molar-refractivity contribution in [3.8, 4) is 11.1 Å². The Bertz CT molecular complexity index is 473. The molecule has 0 saturated carbocycles. The minimum Gasteiger partial charge on any atom is -0.207 e. The first kappa shape index (κ1) is 12.4. The number of benzene rings is 2. The third-order valence-corrected chi connectivity index (χ3v) is 2.28. The summed E-state index contributed by atoms with van der Waals surface area (Å²) in [7, 11) is 0. The van der Waals surface area contributed by atoms with Crippen LogP contribution in [0.4, 0.5) is 8.78 Å². The van der Waals surface area contributed by atoms with Gasteiger partial charge in [0.15, 0.2) is 0 Å². The van der Waals surface area contributed by atoms with Crippen molar-refractivity contribution in [2.45, 2.75) is 14.4 Å². The summed E-state index contributed by atoms with van der Waals surface area (Å²) in [6.45, 7) is 1.83. The first-order chi connectivity index (χ1) is 7.16. The minimum absolute atomic E-state index is 0. The van der Waals surface area contributed by atoms with E-state index in [-0.39, 0.29) is 19.1 Å². The largest absolute Gasteiger partial charge is 0.207 e. The molecule has 2 heteroatoms. The molecule has 2 aromatic carbocycles. The highest BCUT2D eigenvalue weighted by Crippen LogP contribution is 2.23. The minimum atomic E-state index is -0.314. The standard InChI is InChI=1S/C13H10F2.CH4/c1-9-2-7-12(13(15)8-9)10-3-5-11(14)6-4-10;/h2-8H,1H3;1H4. The molecule has 0 heterocycles. The molecule has 2 rings (SSSR count). The van der Waals surface area contributed by atoms with Gasteiger partial charge in [-0.25, -0.2) is 8.78 Å². The Morgan fingerprint density at radius 2 is 1.50 bits per heavy atom. The molecule has 0 nitrogen and oxygen atoms in total. The number of hydrogen-bond donors (Lipinski definition) is 0. The molecule has 0 N–H and O–H groups in total. The van der Waals surface area contributed by atoms with Crippen molar-refractivity contribution >= 4 is 0 Å². The monoisotopic (exact) mass is 220 g/mol. The lowest BCUT2D eigenvalue weighted by molar-refractivity contribution is 0.625. The van der Waals surface area contributed by atoms with Crippen LogP contribution < -0.4 is 0 Å². The maximum atomic E-state index is 13.5. The van der Waals surface area contributed by atoms with Crippen LogP contribution in [0.2, 0.25) is 0 Å². The summed E-state index contributed by atoms with van der Waals surface area (Å²) in [5.74, 6) is -0.590. The summed E-state index contributed by atoms with van der Waals surface area (Å²) in [5, 5.41) is 0. The third kappa shape index (κ3) is 2.45. The van der Waals surface area contributed by atoms with Crippen LogP contribution in [0.3, 0.4) is 0 Å². The summed E-state index contributed by atoms with van der Waals surface area (Å²) in [4.78, 5) is 0. The van der Waals surface area contributed by atoms with E-state index in [0.29, 0.717) is 11.1 Å². The highest BCUT2D eigenvalue weighted by molar-refractivity contribution is 5.64. The predicted molar refractivity (Wildman–Crippen MR) is 63.3 cm³/mol. The van der Waals surface area contributed by atoms with Gasteiger partial charge in [0.25, 0.3) is 0 Å². The Morgan fingerprint density at radius 1 is 0.875 bits per heavy atom. The highest BCUT2D eigenvalue weighted by Gasteiger charge is 2.04. The smallest absolute Gasteiger partial charge is 0.131 e. The lowest BCUT2D eigenvalue weighted by atomic mass is 10.0. The van der Waals surface area contributed by atoms with E-state index in [1.54, 1.807) is 18.2 Å². The zero-order valence-corrected chi connectivity index (χ0v) is 8.30. The van der Waals surface area contributed by atoms with Gasteiger partial charge in [-0.05, 0) is 36.2 Å². The fraction of sp³-hybridized carbons (Fsp3) is 0.143. The van der Waals surface area contributed by atoms with Gasteiger partial charge in [-0.2, -0.15) is 0 Å². The highest BCUT2D eigenvalue weighted by atomic mass is 19.1. The first-order valence-corrected chi connectivity index (χ1v) is 4.69. The molecular weight excluding hydrogens is 206 g/mol. The molecule has 0 bridgehead atoms. The topological polar surface area (TPSA) is 0 Å². The fourth-order valence-electron chi connectivity index (χ4n) is 1.48. The molecule has 0 saturated heterocycles. The van der Waals surface area contributed by atoms with Crippen molar-refractivity contribution in [2.24, 2.45) is 0 Å². The molecule has 0 unspecified atom stereocenters. The average molecular weight is 220 g/mol. The molecule has 0 fully saturated rings. The van der Waals surface area contributed by atoms with Crippen LogP contribution in [-0.4, -0.2) is 0 Å². The van der Waals surface area contributed by atoms with Gasteiger partial charge in [-0.3, -0.25) is 0 Å². The van der Waals surface area contributed by atoms with Crippen LogP contribution in [0.5, 0.6) is 0 Å². The van der Waals surface area contributed by atoms with Crippen molar-refractivity contribution in [2.75, 3.05) is 0 Å². The lowest BCUT2D eigenvalue weighted by Crippen LogP contribution is -1.85. The van der Waals surface area contributed by atoms with Crippen LogP contribution in [0.25, 0.3) is 11.1 Å². The Hall–Kier alpha value is -1.70. The summed E-state index contributed by atoms with van der Waals surface area (Å²) in [6, 6.07) is 10.8. The Kier molecular flexibility index (Phi) is 3.78. The SMILES string of the molecule is C.Cc1ccc(-c2ccc(F)cc2)c(F)c1. The first-order valence-electron chi connectivity index (χ1n) is 4.69. The van der Waals surface area contributed by atoms with Gasteiger partial charge in [0, 0.05) is 5.56 Å². The molecule has 0 spiro atoms. The second-order valence-electron chi connectivity index (χ2n) is 3.49. The molecule has 0 aliphatic carbocycles. The number of rotatable bonds is 1. The number of halogens is 2. The molecule has 84 valence electrons. The molecule has 16 heavy (non-hydrogen) atoms. The quantitative estimate of drug-likeness (QED) is 0.660. The van der Waals surface area contributed by atoms with E-state index in [0.717, 1.165) is 5.56 Å². The van der Waals surface area contributed by atoms with Gasteiger partial charge in [0.1, 0.15) is 11.6 Å². The maximum absolute atomic E-state index is 13.5. The summed E-state index contributed by atoms with van der Waals surface area (Å²) in [6.07, 6.45) is 0. The molecular formula is C14H14F2. The second kappa shape index (κ2) is 4.88. The molecule has 0 atom stereocenters. The zero-order valence-electron chi connectivity index (χ0n) is 8.30. The van der Waals surface area contributed by atoms with Gasteiger partial charge in [-0.15, -0.1) is 0 Å². The fourth-order valence-corrected chi connectivity index (χ4v) is 1.48. The lowest BCUT2D eigenvalue weighted by Gasteiger charge is -2.04. The molecule has 0 aromatic heterocycles. The van der Waals surface area contributed by atoms with Gasteiger partial charge < -0.3 is 0 Å². The number of aryl methyl sites for hydroxylation is 1. The van der Waals surface area contributed by atoms with Gasteiger partial charge in [0.2, 0.25) is 0 Å². The van der Waals surface area contributed by atoms with Gasteiger partial charge >= 0.3 is 0 Å². The van der Waals surface area contributed by atoms with Crippen LogP contribution >= 0.6 is 0 Å². The van der Waals surface area contributed by atoms with Crippen molar-refractivity contribution in [3.05, 3.63) is 59.7 Å². The third-order valence-electron chi connectivity index (χ3n) is 2.28. The normalized spacial score (nSPS) is 9.69. The zero-order chi connectivity index (χ0) is 10.8. The molecule has 0 aliphatic rings. The van der Waals surface area contributed by atoms with E-state index in [1.807, 2.05) is 13.0 Å². The van der Waals surface area contributed by atoms with E-state index < -0.39 is 0 Å². The molecule has 0 radical (unpaired) electrons. The Labute approximate surface area is 94.6 Å². The Morgan fingerprint density at radius 3 is 2.06 bits per heavy atom. The maximum Gasteiger partial charge on any atom is 0.131 e. The van der Waals surface area contributed by atoms with Crippen molar-refractivity contribution in [3.63, 3.8) is 0 Å². The van der Waals surface area contributed by atoms with E-state index in [2.05, 4.69) is 0 Å². The van der Waals surface area contributed by atoms with Crippen LogP contribution in [0, 0.1) is 18.6 Å².